The van der Waals surface area contributed by atoms with E-state index in [0.717, 1.165) is 25.7 Å². The Hall–Kier alpha value is -0.570. The summed E-state index contributed by atoms with van der Waals surface area (Å²) in [4.78, 5) is 12.2. The summed E-state index contributed by atoms with van der Waals surface area (Å²) in [7, 11) is 0. The van der Waals surface area contributed by atoms with Crippen LogP contribution in [0.1, 0.15) is 80.1 Å². The largest absolute Gasteiger partial charge is 0.353 e. The maximum Gasteiger partial charge on any atom is 0.220 e. The van der Waals surface area contributed by atoms with Crippen LogP contribution < -0.4 is 11.1 Å². The molecule has 1 aliphatic rings. The lowest BCUT2D eigenvalue weighted by Gasteiger charge is -2.45. The van der Waals surface area contributed by atoms with E-state index in [-0.39, 0.29) is 11.3 Å². The molecule has 0 saturated heterocycles. The Kier molecular flexibility index (Phi) is 5.88. The summed E-state index contributed by atoms with van der Waals surface area (Å²) in [6.07, 6.45) is 5.92. The van der Waals surface area contributed by atoms with Gasteiger partial charge in [-0.25, -0.2) is 0 Å². The van der Waals surface area contributed by atoms with Crippen molar-refractivity contribution >= 4 is 5.91 Å². The van der Waals surface area contributed by atoms with Gasteiger partial charge in [-0.3, -0.25) is 4.79 Å². The van der Waals surface area contributed by atoms with Gasteiger partial charge in [0.05, 0.1) is 0 Å². The van der Waals surface area contributed by atoms with E-state index in [1.54, 1.807) is 0 Å². The summed E-state index contributed by atoms with van der Waals surface area (Å²) >= 11 is 0. The summed E-state index contributed by atoms with van der Waals surface area (Å²) in [5.41, 5.74) is 6.43. The first-order valence-corrected chi connectivity index (χ1v) is 8.44. The molecular formula is C18H36N2O. The zero-order valence-electron chi connectivity index (χ0n) is 15.0. The van der Waals surface area contributed by atoms with Gasteiger partial charge in [-0.15, -0.1) is 0 Å². The van der Waals surface area contributed by atoms with Crippen LogP contribution in [-0.4, -0.2) is 18.5 Å². The first kappa shape index (κ1) is 18.5. The average Bonchev–Trinajstić information content (AvgIpc) is 2.21. The highest BCUT2D eigenvalue weighted by molar-refractivity contribution is 5.76. The zero-order chi connectivity index (χ0) is 16.3. The molecule has 1 rings (SSSR count). The summed E-state index contributed by atoms with van der Waals surface area (Å²) in [6, 6.07) is 0.328. The number of nitrogens with two attached hydrogens (primary N) is 1. The van der Waals surface area contributed by atoms with Crippen molar-refractivity contribution in [1.82, 2.24) is 5.32 Å². The summed E-state index contributed by atoms with van der Waals surface area (Å²) in [5, 5.41) is 3.27. The molecule has 0 aromatic rings. The molecule has 0 atom stereocenters. The first-order valence-electron chi connectivity index (χ1n) is 8.44. The van der Waals surface area contributed by atoms with Crippen LogP contribution in [0, 0.1) is 16.2 Å². The quantitative estimate of drug-likeness (QED) is 0.782. The van der Waals surface area contributed by atoms with Crippen molar-refractivity contribution in [2.24, 2.45) is 22.0 Å². The SMILES string of the molecule is CC(C)(CCN)CCC(=O)NC1CC(C)(C)CC(C)(C)C1. The van der Waals surface area contributed by atoms with Crippen molar-refractivity contribution in [3.05, 3.63) is 0 Å². The van der Waals surface area contributed by atoms with E-state index in [2.05, 4.69) is 46.9 Å². The Balaban J connectivity index is 2.47. The highest BCUT2D eigenvalue weighted by atomic mass is 16.1. The molecule has 0 bridgehead atoms. The van der Waals surface area contributed by atoms with Gasteiger partial charge in [0.1, 0.15) is 0 Å². The lowest BCUT2D eigenvalue weighted by atomic mass is 9.63. The molecule has 1 fully saturated rings. The molecule has 0 aromatic carbocycles. The summed E-state index contributed by atoms with van der Waals surface area (Å²) in [5.74, 6) is 0.207. The van der Waals surface area contributed by atoms with E-state index in [1.165, 1.54) is 6.42 Å². The molecule has 1 amide bonds. The predicted octanol–water partition coefficient (Wildman–Crippen LogP) is 3.86. The highest BCUT2D eigenvalue weighted by Crippen LogP contribution is 2.45. The van der Waals surface area contributed by atoms with E-state index in [1.807, 2.05) is 0 Å². The van der Waals surface area contributed by atoms with Crippen LogP contribution in [0.5, 0.6) is 0 Å². The zero-order valence-corrected chi connectivity index (χ0v) is 15.0. The molecule has 0 radical (unpaired) electrons. The fourth-order valence-corrected chi connectivity index (χ4v) is 4.22. The lowest BCUT2D eigenvalue weighted by molar-refractivity contribution is -0.123. The van der Waals surface area contributed by atoms with Crippen molar-refractivity contribution < 1.29 is 4.79 Å². The fourth-order valence-electron chi connectivity index (χ4n) is 4.22. The molecule has 21 heavy (non-hydrogen) atoms. The van der Waals surface area contributed by atoms with Gasteiger partial charge in [0.25, 0.3) is 0 Å². The van der Waals surface area contributed by atoms with Crippen molar-refractivity contribution in [1.29, 1.82) is 0 Å². The molecule has 3 N–H and O–H groups in total. The molecule has 0 heterocycles. The van der Waals surface area contributed by atoms with Crippen molar-refractivity contribution in [2.75, 3.05) is 6.54 Å². The van der Waals surface area contributed by atoms with Gasteiger partial charge < -0.3 is 11.1 Å². The molecule has 3 heteroatoms. The first-order chi connectivity index (χ1) is 9.45. The van der Waals surface area contributed by atoms with E-state index < -0.39 is 0 Å². The van der Waals surface area contributed by atoms with E-state index in [9.17, 15) is 4.79 Å². The Morgan fingerprint density at radius 3 is 2.14 bits per heavy atom. The molecule has 1 aliphatic carbocycles. The van der Waals surface area contributed by atoms with Crippen LogP contribution in [0.2, 0.25) is 0 Å². The number of carbonyl (C=O) groups excluding carboxylic acids is 1. The third kappa shape index (κ3) is 6.82. The standard InChI is InChI=1S/C18H36N2O/c1-16(2,9-10-19)8-7-15(21)20-14-11-17(3,4)13-18(5,6)12-14/h14H,7-13,19H2,1-6H3,(H,20,21). The molecule has 0 aliphatic heterocycles. The maximum atomic E-state index is 12.2. The number of nitrogens with one attached hydrogen (secondary N) is 1. The molecule has 1 saturated carbocycles. The normalized spacial score (nSPS) is 22.0. The van der Waals surface area contributed by atoms with Crippen molar-refractivity contribution in [3.8, 4) is 0 Å². The van der Waals surface area contributed by atoms with Gasteiger partial charge >= 0.3 is 0 Å². The van der Waals surface area contributed by atoms with Crippen molar-refractivity contribution in [3.63, 3.8) is 0 Å². The Morgan fingerprint density at radius 1 is 1.14 bits per heavy atom. The molecule has 0 unspecified atom stereocenters. The van der Waals surface area contributed by atoms with Crippen LogP contribution in [0.3, 0.4) is 0 Å². The predicted molar refractivity (Wildman–Crippen MR) is 90.0 cm³/mol. The second-order valence-corrected chi connectivity index (χ2v) is 9.38. The Bertz CT molecular complexity index is 342. The average molecular weight is 296 g/mol. The Labute approximate surface area is 131 Å². The van der Waals surface area contributed by atoms with E-state index >= 15 is 0 Å². The second kappa shape index (κ2) is 6.68. The van der Waals surface area contributed by atoms with Crippen molar-refractivity contribution in [2.45, 2.75) is 86.1 Å². The van der Waals surface area contributed by atoms with E-state index in [4.69, 9.17) is 5.73 Å². The molecule has 0 spiro atoms. The van der Waals surface area contributed by atoms with Gasteiger partial charge in [-0.05, 0) is 54.9 Å². The number of hydrogen-bond acceptors (Lipinski definition) is 2. The highest BCUT2D eigenvalue weighted by Gasteiger charge is 2.38. The number of amides is 1. The molecule has 0 aromatic heterocycles. The van der Waals surface area contributed by atoms with Crippen LogP contribution >= 0.6 is 0 Å². The minimum atomic E-state index is 0.164. The van der Waals surface area contributed by atoms with Crippen LogP contribution in [0.25, 0.3) is 0 Å². The smallest absolute Gasteiger partial charge is 0.220 e. The van der Waals surface area contributed by atoms with Gasteiger partial charge in [-0.2, -0.15) is 0 Å². The van der Waals surface area contributed by atoms with E-state index in [0.29, 0.717) is 29.8 Å². The van der Waals surface area contributed by atoms with Crippen LogP contribution in [-0.2, 0) is 4.79 Å². The second-order valence-electron chi connectivity index (χ2n) is 9.38. The third-order valence-corrected chi connectivity index (χ3v) is 4.77. The minimum absolute atomic E-state index is 0.164. The lowest BCUT2D eigenvalue weighted by Crippen LogP contribution is -2.46. The topological polar surface area (TPSA) is 55.1 Å². The molecular weight excluding hydrogens is 260 g/mol. The number of carbonyl (C=O) groups is 1. The maximum absolute atomic E-state index is 12.2. The van der Waals surface area contributed by atoms with Crippen LogP contribution in [0.15, 0.2) is 0 Å². The Morgan fingerprint density at radius 2 is 1.67 bits per heavy atom. The summed E-state index contributed by atoms with van der Waals surface area (Å²) in [6.45, 7) is 14.4. The van der Waals surface area contributed by atoms with Gasteiger partial charge in [0.15, 0.2) is 0 Å². The van der Waals surface area contributed by atoms with Crippen LogP contribution in [0.4, 0.5) is 0 Å². The third-order valence-electron chi connectivity index (χ3n) is 4.77. The molecule has 3 nitrogen and oxygen atoms in total. The minimum Gasteiger partial charge on any atom is -0.353 e. The van der Waals surface area contributed by atoms with Gasteiger partial charge in [-0.1, -0.05) is 41.5 Å². The molecule has 124 valence electrons. The number of hydrogen-bond donors (Lipinski definition) is 2. The summed E-state index contributed by atoms with van der Waals surface area (Å²) < 4.78 is 0. The fraction of sp³-hybridized carbons (Fsp3) is 0.944. The number of rotatable bonds is 6. The van der Waals surface area contributed by atoms with Gasteiger partial charge in [0.2, 0.25) is 5.91 Å². The van der Waals surface area contributed by atoms with Gasteiger partial charge in [0, 0.05) is 12.5 Å². The monoisotopic (exact) mass is 296 g/mol.